The molecule has 1 aromatic rings. The van der Waals surface area contributed by atoms with Crippen LogP contribution in [0.5, 0.6) is 5.88 Å². The van der Waals surface area contributed by atoms with Gasteiger partial charge in [-0.2, -0.15) is 0 Å². The number of rotatable bonds is 4. The predicted molar refractivity (Wildman–Crippen MR) is 86.5 cm³/mol. The number of hydrogen-bond donors (Lipinski definition) is 0. The largest absolute Gasteiger partial charge is 0.472 e. The van der Waals surface area contributed by atoms with Gasteiger partial charge in [-0.05, 0) is 30.9 Å². The Morgan fingerprint density at radius 2 is 2.08 bits per heavy atom. The highest BCUT2D eigenvalue weighted by Gasteiger charge is 2.48. The Bertz CT molecular complexity index is 559. The minimum absolute atomic E-state index is 0.0200. The third kappa shape index (κ3) is 3.55. The van der Waals surface area contributed by atoms with E-state index in [0.29, 0.717) is 6.61 Å². The van der Waals surface area contributed by atoms with Crippen molar-refractivity contribution in [3.63, 3.8) is 0 Å². The van der Waals surface area contributed by atoms with E-state index in [2.05, 4.69) is 9.88 Å². The highest BCUT2D eigenvalue weighted by Crippen LogP contribution is 2.36. The van der Waals surface area contributed by atoms with Crippen LogP contribution in [0, 0.1) is 11.7 Å². The second-order valence-corrected chi connectivity index (χ2v) is 7.28. The van der Waals surface area contributed by atoms with Crippen molar-refractivity contribution in [1.82, 2.24) is 9.88 Å². The lowest BCUT2D eigenvalue weighted by Gasteiger charge is -2.53. The molecule has 0 aliphatic carbocycles. The molecule has 0 aromatic carbocycles. The Morgan fingerprint density at radius 1 is 1.25 bits per heavy atom. The molecule has 6 heteroatoms. The zero-order valence-corrected chi connectivity index (χ0v) is 14.0. The monoisotopic (exact) mass is 336 g/mol. The van der Waals surface area contributed by atoms with E-state index >= 15 is 0 Å². The van der Waals surface area contributed by atoms with E-state index in [1.54, 1.807) is 12.3 Å². The molecule has 24 heavy (non-hydrogen) atoms. The van der Waals surface area contributed by atoms with Gasteiger partial charge in [0.15, 0.2) is 5.82 Å². The molecule has 1 aromatic heterocycles. The molecule has 3 fully saturated rings. The molecular formula is C18H25FN2O3. The fraction of sp³-hybridized carbons (Fsp3) is 0.722. The van der Waals surface area contributed by atoms with Crippen LogP contribution in [0.1, 0.15) is 25.7 Å². The van der Waals surface area contributed by atoms with Crippen LogP contribution in [-0.4, -0.2) is 61.0 Å². The number of ether oxygens (including phenoxy) is 3. The summed E-state index contributed by atoms with van der Waals surface area (Å²) in [5.74, 6) is 0.458. The van der Waals surface area contributed by atoms with Crippen LogP contribution in [-0.2, 0) is 9.47 Å². The van der Waals surface area contributed by atoms with Crippen molar-refractivity contribution in [3.05, 3.63) is 24.1 Å². The summed E-state index contributed by atoms with van der Waals surface area (Å²) in [6.45, 7) is 5.50. The molecule has 0 unspecified atom stereocenters. The molecule has 3 aliphatic heterocycles. The van der Waals surface area contributed by atoms with Crippen LogP contribution in [0.15, 0.2) is 18.3 Å². The lowest BCUT2D eigenvalue weighted by molar-refractivity contribution is -0.189. The van der Waals surface area contributed by atoms with Crippen LogP contribution in [0.25, 0.3) is 0 Å². The maximum Gasteiger partial charge on any atom is 0.250 e. The summed E-state index contributed by atoms with van der Waals surface area (Å²) in [7, 11) is 0. The highest BCUT2D eigenvalue weighted by molar-refractivity contribution is 5.14. The number of aromatic nitrogens is 1. The summed E-state index contributed by atoms with van der Waals surface area (Å²) >= 11 is 0. The zero-order valence-electron chi connectivity index (χ0n) is 14.0. The minimum Gasteiger partial charge on any atom is -0.472 e. The number of halogens is 1. The Morgan fingerprint density at radius 3 is 2.88 bits per heavy atom. The molecule has 1 spiro atoms. The first-order valence-corrected chi connectivity index (χ1v) is 8.94. The summed E-state index contributed by atoms with van der Waals surface area (Å²) in [4.78, 5) is 6.47. The average molecular weight is 336 g/mol. The van der Waals surface area contributed by atoms with Gasteiger partial charge in [-0.25, -0.2) is 9.37 Å². The van der Waals surface area contributed by atoms with E-state index in [1.807, 2.05) is 0 Å². The Balaban J connectivity index is 1.29. The highest BCUT2D eigenvalue weighted by atomic mass is 19.1. The fourth-order valence-corrected chi connectivity index (χ4v) is 4.11. The van der Waals surface area contributed by atoms with Gasteiger partial charge >= 0.3 is 0 Å². The van der Waals surface area contributed by atoms with Crippen molar-refractivity contribution in [1.29, 1.82) is 0 Å². The third-order valence-electron chi connectivity index (χ3n) is 5.33. The van der Waals surface area contributed by atoms with Crippen LogP contribution < -0.4 is 4.74 Å². The molecule has 1 atom stereocenters. The maximum absolute atomic E-state index is 13.7. The number of hydrogen-bond acceptors (Lipinski definition) is 5. The topological polar surface area (TPSA) is 43.8 Å². The van der Waals surface area contributed by atoms with Gasteiger partial charge in [0.1, 0.15) is 6.10 Å². The van der Waals surface area contributed by atoms with Crippen molar-refractivity contribution in [3.8, 4) is 5.88 Å². The fourth-order valence-electron chi connectivity index (χ4n) is 4.11. The van der Waals surface area contributed by atoms with Crippen LogP contribution in [0.4, 0.5) is 4.39 Å². The summed E-state index contributed by atoms with van der Waals surface area (Å²) in [5.41, 5.74) is -0.112. The molecule has 3 aliphatic rings. The molecule has 0 radical (unpaired) electrons. The van der Waals surface area contributed by atoms with Crippen molar-refractivity contribution in [2.75, 3.05) is 39.5 Å². The molecule has 0 amide bonds. The lowest BCUT2D eigenvalue weighted by atomic mass is 9.83. The Hall–Kier alpha value is -1.24. The SMILES string of the molecule is Fc1cccnc1O[C@H]1CCOC2(C1)CN(CC1CCOCC1)C2. The quantitative estimate of drug-likeness (QED) is 0.844. The number of pyridine rings is 1. The molecule has 4 heterocycles. The first-order chi connectivity index (χ1) is 11.7. The van der Waals surface area contributed by atoms with Crippen LogP contribution in [0.3, 0.4) is 0 Å². The number of nitrogens with zero attached hydrogens (tertiary/aromatic N) is 2. The average Bonchev–Trinajstić information content (AvgIpc) is 2.57. The van der Waals surface area contributed by atoms with E-state index in [9.17, 15) is 4.39 Å². The first-order valence-electron chi connectivity index (χ1n) is 8.94. The van der Waals surface area contributed by atoms with E-state index < -0.39 is 5.82 Å². The lowest BCUT2D eigenvalue weighted by Crippen LogP contribution is -2.66. The van der Waals surface area contributed by atoms with Crippen molar-refractivity contribution < 1.29 is 18.6 Å². The Kier molecular flexibility index (Phi) is 4.70. The smallest absolute Gasteiger partial charge is 0.250 e. The second-order valence-electron chi connectivity index (χ2n) is 7.28. The van der Waals surface area contributed by atoms with E-state index in [1.165, 1.54) is 6.07 Å². The second kappa shape index (κ2) is 6.94. The minimum atomic E-state index is -0.396. The van der Waals surface area contributed by atoms with Crippen molar-refractivity contribution >= 4 is 0 Å². The van der Waals surface area contributed by atoms with Gasteiger partial charge in [-0.1, -0.05) is 0 Å². The Labute approximate surface area is 142 Å². The van der Waals surface area contributed by atoms with Gasteiger partial charge in [0.05, 0.1) is 12.2 Å². The molecule has 4 rings (SSSR count). The molecule has 0 bridgehead atoms. The van der Waals surface area contributed by atoms with Gasteiger partial charge in [0.2, 0.25) is 0 Å². The first kappa shape index (κ1) is 16.2. The van der Waals surface area contributed by atoms with Crippen molar-refractivity contribution in [2.24, 2.45) is 5.92 Å². The molecule has 0 N–H and O–H groups in total. The van der Waals surface area contributed by atoms with Gasteiger partial charge in [-0.15, -0.1) is 0 Å². The van der Waals surface area contributed by atoms with E-state index in [-0.39, 0.29) is 17.6 Å². The molecule has 5 nitrogen and oxygen atoms in total. The van der Waals surface area contributed by atoms with Crippen molar-refractivity contribution in [2.45, 2.75) is 37.4 Å². The standard InChI is InChI=1S/C18H25FN2O3/c19-16-2-1-6-20-17(16)24-15-5-9-23-18(10-15)12-21(13-18)11-14-3-7-22-8-4-14/h1-2,6,14-15H,3-5,7-13H2/t15-/m0/s1. The van der Waals surface area contributed by atoms with E-state index in [0.717, 1.165) is 64.4 Å². The van der Waals surface area contributed by atoms with Gasteiger partial charge in [-0.3, -0.25) is 4.90 Å². The van der Waals surface area contributed by atoms with Gasteiger partial charge in [0, 0.05) is 51.9 Å². The summed E-state index contributed by atoms with van der Waals surface area (Å²) in [6, 6.07) is 2.96. The molecule has 3 saturated heterocycles. The van der Waals surface area contributed by atoms with E-state index in [4.69, 9.17) is 14.2 Å². The molecular weight excluding hydrogens is 311 g/mol. The van der Waals surface area contributed by atoms with Gasteiger partial charge in [0.25, 0.3) is 5.88 Å². The molecule has 132 valence electrons. The normalized spacial score (nSPS) is 27.8. The van der Waals surface area contributed by atoms with Crippen LogP contribution in [0.2, 0.25) is 0 Å². The summed E-state index contributed by atoms with van der Waals surface area (Å²) < 4.78 is 31.0. The third-order valence-corrected chi connectivity index (χ3v) is 5.33. The molecule has 0 saturated carbocycles. The van der Waals surface area contributed by atoms with Crippen LogP contribution >= 0.6 is 0 Å². The number of likely N-dealkylation sites (tertiary alicyclic amines) is 1. The summed E-state index contributed by atoms with van der Waals surface area (Å²) in [6.07, 6.45) is 5.47. The van der Waals surface area contributed by atoms with Gasteiger partial charge < -0.3 is 14.2 Å². The predicted octanol–water partition coefficient (Wildman–Crippen LogP) is 2.26. The zero-order chi connectivity index (χ0) is 16.4. The maximum atomic E-state index is 13.7. The summed E-state index contributed by atoms with van der Waals surface area (Å²) in [5, 5.41) is 0.